The van der Waals surface area contributed by atoms with Crippen molar-refractivity contribution >= 4 is 0 Å². The zero-order valence-electron chi connectivity index (χ0n) is 11.4. The van der Waals surface area contributed by atoms with E-state index in [0.717, 1.165) is 19.4 Å². The van der Waals surface area contributed by atoms with Crippen LogP contribution in [-0.4, -0.2) is 30.3 Å². The van der Waals surface area contributed by atoms with Crippen molar-refractivity contribution < 1.29 is 4.74 Å². The highest BCUT2D eigenvalue weighted by atomic mass is 16.5. The number of pyridine rings is 1. The highest BCUT2D eigenvalue weighted by Crippen LogP contribution is 2.22. The SMILES string of the molecule is CCOC(C)(CC)C(Cc1cccnc1)NC. The number of likely N-dealkylation sites (N-methyl/N-ethyl adjacent to an activating group) is 1. The van der Waals surface area contributed by atoms with Crippen LogP contribution in [0.15, 0.2) is 24.5 Å². The summed E-state index contributed by atoms with van der Waals surface area (Å²) in [4.78, 5) is 4.16. The first-order valence-electron chi connectivity index (χ1n) is 6.36. The van der Waals surface area contributed by atoms with Gasteiger partial charge in [-0.1, -0.05) is 13.0 Å². The van der Waals surface area contributed by atoms with Gasteiger partial charge in [0.15, 0.2) is 0 Å². The summed E-state index contributed by atoms with van der Waals surface area (Å²) >= 11 is 0. The molecule has 1 aromatic heterocycles. The topological polar surface area (TPSA) is 34.1 Å². The Morgan fingerprint density at radius 2 is 2.24 bits per heavy atom. The number of nitrogens with zero attached hydrogens (tertiary/aromatic N) is 1. The standard InChI is InChI=1S/C14H24N2O/c1-5-14(3,17-6-2)13(15-4)10-12-8-7-9-16-11-12/h7-9,11,13,15H,5-6,10H2,1-4H3. The average molecular weight is 236 g/mol. The quantitative estimate of drug-likeness (QED) is 0.789. The molecular weight excluding hydrogens is 212 g/mol. The second-order valence-electron chi connectivity index (χ2n) is 4.51. The fourth-order valence-electron chi connectivity index (χ4n) is 2.16. The van der Waals surface area contributed by atoms with E-state index in [-0.39, 0.29) is 5.60 Å². The summed E-state index contributed by atoms with van der Waals surface area (Å²) in [7, 11) is 1.99. The smallest absolute Gasteiger partial charge is 0.0807 e. The second kappa shape index (κ2) is 6.72. The monoisotopic (exact) mass is 236 g/mol. The van der Waals surface area contributed by atoms with Crippen LogP contribution in [0.3, 0.4) is 0 Å². The lowest BCUT2D eigenvalue weighted by Crippen LogP contribution is -2.50. The van der Waals surface area contributed by atoms with Crippen LogP contribution in [0.4, 0.5) is 0 Å². The van der Waals surface area contributed by atoms with Crippen LogP contribution in [0.2, 0.25) is 0 Å². The highest BCUT2D eigenvalue weighted by molar-refractivity contribution is 5.12. The molecule has 2 unspecified atom stereocenters. The van der Waals surface area contributed by atoms with Crippen LogP contribution in [0, 0.1) is 0 Å². The van der Waals surface area contributed by atoms with Crippen molar-refractivity contribution in [3.63, 3.8) is 0 Å². The molecule has 0 saturated heterocycles. The molecule has 0 aliphatic carbocycles. The molecule has 0 amide bonds. The number of hydrogen-bond donors (Lipinski definition) is 1. The molecule has 0 bridgehead atoms. The summed E-state index contributed by atoms with van der Waals surface area (Å²) in [6, 6.07) is 4.39. The first-order chi connectivity index (χ1) is 8.16. The highest BCUT2D eigenvalue weighted by Gasteiger charge is 2.32. The van der Waals surface area contributed by atoms with Gasteiger partial charge in [-0.25, -0.2) is 0 Å². The molecule has 0 aliphatic rings. The Bertz CT molecular complexity index is 315. The second-order valence-corrected chi connectivity index (χ2v) is 4.51. The van der Waals surface area contributed by atoms with Gasteiger partial charge in [-0.15, -0.1) is 0 Å². The summed E-state index contributed by atoms with van der Waals surface area (Å²) in [6.07, 6.45) is 5.66. The largest absolute Gasteiger partial charge is 0.374 e. The van der Waals surface area contributed by atoms with Crippen molar-refractivity contribution in [1.29, 1.82) is 0 Å². The van der Waals surface area contributed by atoms with E-state index in [0.29, 0.717) is 6.04 Å². The molecule has 1 rings (SSSR count). The van der Waals surface area contributed by atoms with E-state index in [1.165, 1.54) is 5.56 Å². The Morgan fingerprint density at radius 1 is 1.47 bits per heavy atom. The lowest BCUT2D eigenvalue weighted by molar-refractivity contribution is -0.0534. The summed E-state index contributed by atoms with van der Waals surface area (Å²) < 4.78 is 5.92. The van der Waals surface area contributed by atoms with Crippen molar-refractivity contribution in [2.24, 2.45) is 0 Å². The molecule has 0 aliphatic heterocycles. The van der Waals surface area contributed by atoms with E-state index in [4.69, 9.17) is 4.74 Å². The third kappa shape index (κ3) is 3.79. The predicted molar refractivity (Wildman–Crippen MR) is 71.1 cm³/mol. The van der Waals surface area contributed by atoms with Gasteiger partial charge < -0.3 is 10.1 Å². The first-order valence-corrected chi connectivity index (χ1v) is 6.36. The minimum Gasteiger partial charge on any atom is -0.374 e. The van der Waals surface area contributed by atoms with E-state index in [9.17, 15) is 0 Å². The van der Waals surface area contributed by atoms with Gasteiger partial charge in [0.05, 0.1) is 5.60 Å². The van der Waals surface area contributed by atoms with Crippen LogP contribution in [0.25, 0.3) is 0 Å². The molecule has 0 fully saturated rings. The average Bonchev–Trinajstić information content (AvgIpc) is 2.37. The van der Waals surface area contributed by atoms with Gasteiger partial charge >= 0.3 is 0 Å². The zero-order valence-corrected chi connectivity index (χ0v) is 11.4. The van der Waals surface area contributed by atoms with Crippen LogP contribution in [0.1, 0.15) is 32.8 Å². The minimum atomic E-state index is -0.126. The molecule has 1 aromatic rings. The molecule has 0 spiro atoms. The number of nitrogens with one attached hydrogen (secondary N) is 1. The van der Waals surface area contributed by atoms with Gasteiger partial charge in [-0.05, 0) is 45.4 Å². The number of aromatic nitrogens is 1. The molecule has 3 heteroatoms. The fourth-order valence-corrected chi connectivity index (χ4v) is 2.16. The molecule has 1 heterocycles. The van der Waals surface area contributed by atoms with Crippen LogP contribution >= 0.6 is 0 Å². The number of ether oxygens (including phenoxy) is 1. The Labute approximate surface area is 105 Å². The van der Waals surface area contributed by atoms with Gasteiger partial charge in [0, 0.05) is 25.0 Å². The molecular formula is C14H24N2O. The molecule has 2 atom stereocenters. The summed E-state index contributed by atoms with van der Waals surface area (Å²) in [5.41, 5.74) is 1.12. The van der Waals surface area contributed by atoms with Crippen molar-refractivity contribution in [1.82, 2.24) is 10.3 Å². The maximum Gasteiger partial charge on any atom is 0.0807 e. The Kier molecular flexibility index (Phi) is 5.59. The molecule has 0 radical (unpaired) electrons. The lowest BCUT2D eigenvalue weighted by atomic mass is 9.88. The minimum absolute atomic E-state index is 0.126. The number of hydrogen-bond acceptors (Lipinski definition) is 3. The fraction of sp³-hybridized carbons (Fsp3) is 0.643. The van der Waals surface area contributed by atoms with Gasteiger partial charge in [-0.2, -0.15) is 0 Å². The van der Waals surface area contributed by atoms with Gasteiger partial charge in [0.2, 0.25) is 0 Å². The maximum absolute atomic E-state index is 5.92. The summed E-state index contributed by atoms with van der Waals surface area (Å²) in [5, 5.41) is 3.37. The summed E-state index contributed by atoms with van der Waals surface area (Å²) in [5.74, 6) is 0. The van der Waals surface area contributed by atoms with Crippen LogP contribution < -0.4 is 5.32 Å². The normalized spacial score (nSPS) is 16.5. The maximum atomic E-state index is 5.92. The third-order valence-corrected chi connectivity index (χ3v) is 3.42. The van der Waals surface area contributed by atoms with E-state index in [1.54, 1.807) is 6.20 Å². The Morgan fingerprint density at radius 3 is 2.71 bits per heavy atom. The van der Waals surface area contributed by atoms with Crippen LogP contribution in [-0.2, 0) is 11.2 Å². The van der Waals surface area contributed by atoms with Gasteiger partial charge in [0.25, 0.3) is 0 Å². The van der Waals surface area contributed by atoms with E-state index < -0.39 is 0 Å². The molecule has 3 nitrogen and oxygen atoms in total. The van der Waals surface area contributed by atoms with E-state index in [1.807, 2.05) is 26.2 Å². The zero-order chi connectivity index (χ0) is 12.7. The first kappa shape index (κ1) is 14.1. The Balaban J connectivity index is 2.76. The van der Waals surface area contributed by atoms with Crippen molar-refractivity contribution in [3.8, 4) is 0 Å². The van der Waals surface area contributed by atoms with Crippen molar-refractivity contribution in [2.45, 2.75) is 45.3 Å². The Hall–Kier alpha value is -0.930. The van der Waals surface area contributed by atoms with Crippen LogP contribution in [0.5, 0.6) is 0 Å². The van der Waals surface area contributed by atoms with E-state index in [2.05, 4.69) is 30.2 Å². The molecule has 17 heavy (non-hydrogen) atoms. The molecule has 0 aromatic carbocycles. The molecule has 1 N–H and O–H groups in total. The van der Waals surface area contributed by atoms with Crippen molar-refractivity contribution in [3.05, 3.63) is 30.1 Å². The molecule has 0 saturated carbocycles. The predicted octanol–water partition coefficient (Wildman–Crippen LogP) is 2.42. The number of rotatable bonds is 7. The molecule has 96 valence electrons. The van der Waals surface area contributed by atoms with Crippen molar-refractivity contribution in [2.75, 3.05) is 13.7 Å². The lowest BCUT2D eigenvalue weighted by Gasteiger charge is -2.36. The summed E-state index contributed by atoms with van der Waals surface area (Å²) in [6.45, 7) is 7.14. The third-order valence-electron chi connectivity index (χ3n) is 3.42. The van der Waals surface area contributed by atoms with E-state index >= 15 is 0 Å². The van der Waals surface area contributed by atoms with Gasteiger partial charge in [0.1, 0.15) is 0 Å². The van der Waals surface area contributed by atoms with Gasteiger partial charge in [-0.3, -0.25) is 4.98 Å².